The predicted octanol–water partition coefficient (Wildman–Crippen LogP) is 2.87. The van der Waals surface area contributed by atoms with E-state index in [0.717, 1.165) is 6.07 Å². The van der Waals surface area contributed by atoms with Crippen LogP contribution < -0.4 is 27.6 Å². The van der Waals surface area contributed by atoms with Crippen molar-refractivity contribution in [3.05, 3.63) is 58.4 Å². The highest BCUT2D eigenvalue weighted by Crippen LogP contribution is 2.30. The van der Waals surface area contributed by atoms with Crippen LogP contribution in [0.5, 0.6) is 0 Å². The molecule has 0 saturated carbocycles. The number of hydroxylamine groups is 1. The van der Waals surface area contributed by atoms with Crippen molar-refractivity contribution in [3.8, 4) is 0 Å². The Hall–Kier alpha value is -2.70. The number of hydrogen-bond donors (Lipinski definition) is 5. The molecule has 0 bridgehead atoms. The number of halogens is 3. The zero-order chi connectivity index (χ0) is 25.5. The summed E-state index contributed by atoms with van der Waals surface area (Å²) in [5, 5.41) is 5.47. The molecule has 0 saturated heterocycles. The van der Waals surface area contributed by atoms with E-state index in [4.69, 9.17) is 21.0 Å². The van der Waals surface area contributed by atoms with E-state index in [2.05, 4.69) is 16.1 Å². The summed E-state index contributed by atoms with van der Waals surface area (Å²) in [6.07, 6.45) is 0. The van der Waals surface area contributed by atoms with E-state index in [-0.39, 0.29) is 43.2 Å². The maximum atomic E-state index is 15.0. The van der Waals surface area contributed by atoms with Gasteiger partial charge in [-0.1, -0.05) is 19.9 Å². The molecule has 0 aromatic heterocycles. The maximum absolute atomic E-state index is 15.0. The molecule has 0 heterocycles. The normalized spacial score (nSPS) is 10.5. The van der Waals surface area contributed by atoms with Crippen LogP contribution in [-0.2, 0) is 16.2 Å². The summed E-state index contributed by atoms with van der Waals surface area (Å²) in [5.41, 5.74) is 12.3. The summed E-state index contributed by atoms with van der Waals surface area (Å²) < 4.78 is 49.3. The lowest BCUT2D eigenvalue weighted by Crippen LogP contribution is -2.28. The van der Waals surface area contributed by atoms with Gasteiger partial charge in [-0.3, -0.25) is 9.63 Å². The van der Waals surface area contributed by atoms with Gasteiger partial charge in [0.15, 0.2) is 11.6 Å². The first-order chi connectivity index (χ1) is 16.4. The summed E-state index contributed by atoms with van der Waals surface area (Å²) in [7, 11) is 0. The highest BCUT2D eigenvalue weighted by atomic mass is 19.2. The summed E-state index contributed by atoms with van der Waals surface area (Å²) in [5.74, 6) is -4.11. The third kappa shape index (κ3) is 8.92. The second-order valence-corrected chi connectivity index (χ2v) is 6.85. The molecule has 0 aliphatic rings. The number of carbonyl (C=O) groups excluding carboxylic acids is 1. The van der Waals surface area contributed by atoms with Gasteiger partial charge in [0.25, 0.3) is 5.91 Å². The number of rotatable bonds is 13. The van der Waals surface area contributed by atoms with Crippen molar-refractivity contribution < 1.29 is 27.5 Å². The molecule has 0 aliphatic carbocycles. The van der Waals surface area contributed by atoms with Crippen molar-refractivity contribution in [2.45, 2.75) is 27.4 Å². The number of hydrogen-bond acceptors (Lipinski definition) is 7. The van der Waals surface area contributed by atoms with Crippen molar-refractivity contribution >= 4 is 17.3 Å². The molecule has 0 unspecified atom stereocenters. The average molecular weight is 486 g/mol. The van der Waals surface area contributed by atoms with E-state index in [1.807, 2.05) is 13.8 Å². The Labute approximate surface area is 198 Å². The van der Waals surface area contributed by atoms with Crippen LogP contribution in [-0.4, -0.2) is 45.3 Å². The van der Waals surface area contributed by atoms with E-state index < -0.39 is 29.0 Å². The summed E-state index contributed by atoms with van der Waals surface area (Å²) in [6, 6.07) is 5.30. The first-order valence-corrected chi connectivity index (χ1v) is 11.0. The fraction of sp³-hybridized carbons (Fsp3) is 0.435. The van der Waals surface area contributed by atoms with Gasteiger partial charge in [0.05, 0.1) is 36.8 Å². The lowest BCUT2D eigenvalue weighted by atomic mass is 10.1. The molecule has 0 spiro atoms. The Morgan fingerprint density at radius 3 is 2.38 bits per heavy atom. The highest BCUT2D eigenvalue weighted by Gasteiger charge is 2.24. The molecule has 1 amide bonds. The molecule has 11 heteroatoms. The number of benzene rings is 2. The van der Waals surface area contributed by atoms with E-state index in [9.17, 15) is 18.0 Å². The van der Waals surface area contributed by atoms with E-state index in [1.54, 1.807) is 13.0 Å². The second kappa shape index (κ2) is 16.0. The molecular formula is C23H34F3N5O3. The molecule has 34 heavy (non-hydrogen) atoms. The van der Waals surface area contributed by atoms with Crippen LogP contribution in [0, 0.1) is 24.4 Å². The van der Waals surface area contributed by atoms with Crippen LogP contribution in [0.2, 0.25) is 0 Å². The van der Waals surface area contributed by atoms with Crippen molar-refractivity contribution in [1.29, 1.82) is 0 Å². The molecule has 2 rings (SSSR count). The lowest BCUT2D eigenvalue weighted by Gasteiger charge is -2.17. The van der Waals surface area contributed by atoms with Crippen LogP contribution in [0.1, 0.15) is 35.3 Å². The largest absolute Gasteiger partial charge is 0.375 e. The van der Waals surface area contributed by atoms with Crippen LogP contribution in [0.25, 0.3) is 0 Å². The topological polar surface area (TPSA) is 124 Å². The minimum Gasteiger partial charge on any atom is -0.375 e. The predicted molar refractivity (Wildman–Crippen MR) is 126 cm³/mol. The number of aryl methyl sites for hydroxylation is 1. The van der Waals surface area contributed by atoms with Gasteiger partial charge in [-0.05, 0) is 30.7 Å². The van der Waals surface area contributed by atoms with Crippen LogP contribution in [0.3, 0.4) is 0 Å². The van der Waals surface area contributed by atoms with Gasteiger partial charge < -0.3 is 26.8 Å². The van der Waals surface area contributed by atoms with Crippen molar-refractivity contribution in [3.63, 3.8) is 0 Å². The smallest absolute Gasteiger partial charge is 0.277 e. The van der Waals surface area contributed by atoms with Crippen molar-refractivity contribution in [2.75, 3.05) is 44.7 Å². The lowest BCUT2D eigenvalue weighted by molar-refractivity contribution is 0.0343. The zero-order valence-corrected chi connectivity index (χ0v) is 19.8. The first-order valence-electron chi connectivity index (χ1n) is 11.0. The zero-order valence-electron chi connectivity index (χ0n) is 19.8. The minimum atomic E-state index is -1.35. The first kappa shape index (κ1) is 29.3. The van der Waals surface area contributed by atoms with Gasteiger partial charge in [-0.15, -0.1) is 0 Å². The Morgan fingerprint density at radius 2 is 1.74 bits per heavy atom. The molecule has 0 fully saturated rings. The molecule has 190 valence electrons. The summed E-state index contributed by atoms with van der Waals surface area (Å²) in [6.45, 7) is 7.28. The SMILES string of the molecule is CC.Cc1ccc(Nc2c(C(=O)NOCCN)cc(COCCNCCN)c(F)c2F)c(F)c1. The third-order valence-corrected chi connectivity index (χ3v) is 4.30. The summed E-state index contributed by atoms with van der Waals surface area (Å²) in [4.78, 5) is 17.5. The van der Waals surface area contributed by atoms with Crippen LogP contribution >= 0.6 is 0 Å². The number of ether oxygens (including phenoxy) is 1. The molecule has 0 atom stereocenters. The van der Waals surface area contributed by atoms with Gasteiger partial charge in [0, 0.05) is 31.7 Å². The molecule has 2 aromatic rings. The second-order valence-electron chi connectivity index (χ2n) is 6.85. The Morgan fingerprint density at radius 1 is 1.00 bits per heavy atom. The number of nitrogens with one attached hydrogen (secondary N) is 3. The number of anilines is 2. The van der Waals surface area contributed by atoms with Crippen LogP contribution in [0.4, 0.5) is 24.5 Å². The van der Waals surface area contributed by atoms with E-state index >= 15 is 0 Å². The van der Waals surface area contributed by atoms with Crippen LogP contribution in [0.15, 0.2) is 24.3 Å². The minimum absolute atomic E-state index is 0.0105. The quantitative estimate of drug-likeness (QED) is 0.218. The average Bonchev–Trinajstić information content (AvgIpc) is 2.83. The number of amides is 1. The molecule has 0 aliphatic heterocycles. The van der Waals surface area contributed by atoms with E-state index in [0.29, 0.717) is 25.2 Å². The fourth-order valence-electron chi connectivity index (χ4n) is 2.73. The molecule has 0 radical (unpaired) electrons. The van der Waals surface area contributed by atoms with Crippen molar-refractivity contribution in [1.82, 2.24) is 10.8 Å². The van der Waals surface area contributed by atoms with Gasteiger partial charge in [0.2, 0.25) is 0 Å². The van der Waals surface area contributed by atoms with Gasteiger partial charge in [-0.25, -0.2) is 18.7 Å². The summed E-state index contributed by atoms with van der Waals surface area (Å²) >= 11 is 0. The molecule has 7 N–H and O–H groups in total. The van der Waals surface area contributed by atoms with E-state index in [1.165, 1.54) is 12.1 Å². The maximum Gasteiger partial charge on any atom is 0.277 e. The Bertz CT molecular complexity index is 916. The van der Waals surface area contributed by atoms with Gasteiger partial charge in [-0.2, -0.15) is 0 Å². The number of carbonyl (C=O) groups is 1. The molecule has 2 aromatic carbocycles. The van der Waals surface area contributed by atoms with Gasteiger partial charge >= 0.3 is 0 Å². The number of nitrogens with two attached hydrogens (primary N) is 2. The molecule has 8 nitrogen and oxygen atoms in total. The highest BCUT2D eigenvalue weighted by molar-refractivity contribution is 6.00. The monoisotopic (exact) mass is 485 g/mol. The molecular weight excluding hydrogens is 451 g/mol. The van der Waals surface area contributed by atoms with Crippen molar-refractivity contribution in [2.24, 2.45) is 11.5 Å². The Kier molecular flexibility index (Phi) is 13.8. The Balaban J connectivity index is 0.00000281. The standard InChI is InChI=1S/C21H28F3N5O3.C2H6/c1-13-2-3-17(16(22)10-13)28-20-15(21(30)29-32-8-5-26)11-14(18(23)19(20)24)12-31-9-7-27-6-4-25;1-2/h2-3,10-11,27-28H,4-9,12,25-26H2,1H3,(H,29,30);1-2H3. The van der Waals surface area contributed by atoms with Gasteiger partial charge in [0.1, 0.15) is 5.82 Å². The fourth-order valence-corrected chi connectivity index (χ4v) is 2.73. The third-order valence-electron chi connectivity index (χ3n) is 4.30.